The first kappa shape index (κ1) is 22.4. The van der Waals surface area contributed by atoms with Crippen molar-refractivity contribution in [3.05, 3.63) is 39.9 Å². The average Bonchev–Trinajstić information content (AvgIpc) is 3.01. The van der Waals surface area contributed by atoms with Crippen LogP contribution < -0.4 is 0 Å². The van der Waals surface area contributed by atoms with Crippen LogP contribution in [0.15, 0.2) is 6.08 Å². The topological polar surface area (TPSA) is 54.4 Å². The maximum Gasteiger partial charge on any atom is 0.303 e. The Labute approximate surface area is 165 Å². The summed E-state index contributed by atoms with van der Waals surface area (Å²) >= 11 is 5.21. The van der Waals surface area contributed by atoms with E-state index in [1.807, 2.05) is 0 Å². The van der Waals surface area contributed by atoms with Gasteiger partial charge in [0.2, 0.25) is 0 Å². The van der Waals surface area contributed by atoms with Crippen molar-refractivity contribution in [2.75, 3.05) is 0 Å². The number of benzene rings is 1. The van der Waals surface area contributed by atoms with E-state index in [4.69, 9.17) is 16.7 Å². The highest BCUT2D eigenvalue weighted by atomic mass is 35.5. The molecule has 0 spiro atoms. The smallest absolute Gasteiger partial charge is 0.303 e. The molecule has 0 saturated heterocycles. The maximum atomic E-state index is 13.9. The van der Waals surface area contributed by atoms with Crippen molar-refractivity contribution >= 4 is 29.4 Å². The largest absolute Gasteiger partial charge is 0.481 e. The summed E-state index contributed by atoms with van der Waals surface area (Å²) in [7, 11) is 0. The summed E-state index contributed by atoms with van der Waals surface area (Å²) in [6.45, 7) is 0. The minimum Gasteiger partial charge on any atom is -0.481 e. The van der Waals surface area contributed by atoms with Gasteiger partial charge in [-0.15, -0.1) is 0 Å². The lowest BCUT2D eigenvalue weighted by molar-refractivity contribution is -0.137. The Kier molecular flexibility index (Phi) is 8.04. The third-order valence-electron chi connectivity index (χ3n) is 5.06. The van der Waals surface area contributed by atoms with Gasteiger partial charge in [0.05, 0.1) is 5.56 Å². The van der Waals surface area contributed by atoms with Gasteiger partial charge in [0.15, 0.2) is 23.3 Å². The number of carbonyl (C=O) groups excluding carboxylic acids is 1. The van der Waals surface area contributed by atoms with Crippen molar-refractivity contribution in [2.24, 2.45) is 11.8 Å². The Bertz CT molecular complexity index is 750. The summed E-state index contributed by atoms with van der Waals surface area (Å²) in [5.41, 5.74) is -0.855. The molecule has 1 aliphatic rings. The molecule has 2 rings (SSSR count). The highest BCUT2D eigenvalue weighted by Crippen LogP contribution is 2.35. The van der Waals surface area contributed by atoms with Crippen LogP contribution in [0.3, 0.4) is 0 Å². The number of carboxylic acids is 1. The first-order valence-corrected chi connectivity index (χ1v) is 9.56. The van der Waals surface area contributed by atoms with E-state index >= 15 is 0 Å². The third-order valence-corrected chi connectivity index (χ3v) is 5.40. The molecular formula is C20H21ClF4O3. The molecule has 0 radical (unpaired) electrons. The van der Waals surface area contributed by atoms with Crippen molar-refractivity contribution < 1.29 is 32.3 Å². The van der Waals surface area contributed by atoms with Crippen molar-refractivity contribution in [1.82, 2.24) is 0 Å². The number of hydrogen-bond acceptors (Lipinski definition) is 2. The van der Waals surface area contributed by atoms with Gasteiger partial charge in [0, 0.05) is 18.8 Å². The standard InChI is InChI=1S/C20H21ClF4O3/c21-16-19(24)17(22)13(18(23)20(16)25)9-7-11-8-10-14(26)12(11)5-3-1-2-4-6-15(27)28/h7,9,11-12H,1-6,8,10H2,(H,27,28)/b9-7+. The van der Waals surface area contributed by atoms with E-state index in [0.29, 0.717) is 25.7 Å². The zero-order chi connectivity index (χ0) is 20.8. The van der Waals surface area contributed by atoms with Gasteiger partial charge in [-0.3, -0.25) is 9.59 Å². The zero-order valence-corrected chi connectivity index (χ0v) is 15.9. The lowest BCUT2D eigenvalue weighted by Gasteiger charge is -2.15. The number of carboxylic acid groups (broad SMARTS) is 1. The summed E-state index contributed by atoms with van der Waals surface area (Å²) in [6.07, 6.45) is 6.75. The molecule has 1 saturated carbocycles. The molecule has 0 heterocycles. The minimum absolute atomic E-state index is 0.0506. The third kappa shape index (κ3) is 5.34. The van der Waals surface area contributed by atoms with Gasteiger partial charge in [0.1, 0.15) is 10.8 Å². The number of Topliss-reactive ketones (excluding diaryl/α,β-unsaturated/α-hetero) is 1. The van der Waals surface area contributed by atoms with E-state index < -0.39 is 39.8 Å². The van der Waals surface area contributed by atoms with Gasteiger partial charge in [0.25, 0.3) is 0 Å². The molecule has 0 aliphatic heterocycles. The average molecular weight is 421 g/mol. The zero-order valence-electron chi connectivity index (χ0n) is 15.1. The number of ketones is 1. The summed E-state index contributed by atoms with van der Waals surface area (Å²) in [6, 6.07) is 0. The predicted octanol–water partition coefficient (Wildman–Crippen LogP) is 5.93. The molecule has 8 heteroatoms. The SMILES string of the molecule is O=C(O)CCCCCCC1C(=O)CCC1/C=C/c1c(F)c(F)c(Cl)c(F)c1F. The fourth-order valence-electron chi connectivity index (χ4n) is 3.52. The number of aliphatic carboxylic acids is 1. The monoisotopic (exact) mass is 420 g/mol. The molecular weight excluding hydrogens is 400 g/mol. The molecule has 1 aliphatic carbocycles. The summed E-state index contributed by atoms with van der Waals surface area (Å²) in [5, 5.41) is 7.36. The maximum absolute atomic E-state index is 13.9. The normalized spacial score (nSPS) is 19.7. The van der Waals surface area contributed by atoms with Crippen LogP contribution in [0.4, 0.5) is 17.6 Å². The molecule has 0 aromatic heterocycles. The molecule has 2 unspecified atom stereocenters. The van der Waals surface area contributed by atoms with Crippen LogP contribution in [-0.2, 0) is 9.59 Å². The Balaban J connectivity index is 2.01. The number of rotatable bonds is 9. The highest BCUT2D eigenvalue weighted by molar-refractivity contribution is 6.30. The first-order chi connectivity index (χ1) is 13.2. The summed E-state index contributed by atoms with van der Waals surface area (Å²) in [5.74, 6) is -7.82. The van der Waals surface area contributed by atoms with Crippen LogP contribution in [0, 0.1) is 35.1 Å². The Morgan fingerprint density at radius 2 is 1.64 bits per heavy atom. The van der Waals surface area contributed by atoms with Crippen LogP contribution in [0.5, 0.6) is 0 Å². The molecule has 1 aromatic rings. The Hall–Kier alpha value is -1.89. The summed E-state index contributed by atoms with van der Waals surface area (Å²) in [4.78, 5) is 22.6. The molecule has 3 nitrogen and oxygen atoms in total. The van der Waals surface area contributed by atoms with Gasteiger partial charge in [-0.25, -0.2) is 17.6 Å². The van der Waals surface area contributed by atoms with Gasteiger partial charge >= 0.3 is 5.97 Å². The fraction of sp³-hybridized carbons (Fsp3) is 0.500. The number of hydrogen-bond donors (Lipinski definition) is 1. The molecule has 154 valence electrons. The second-order valence-corrected chi connectivity index (χ2v) is 7.34. The molecule has 28 heavy (non-hydrogen) atoms. The van der Waals surface area contributed by atoms with Crippen LogP contribution >= 0.6 is 11.6 Å². The van der Waals surface area contributed by atoms with E-state index in [9.17, 15) is 27.2 Å². The van der Waals surface area contributed by atoms with Crippen molar-refractivity contribution in [1.29, 1.82) is 0 Å². The van der Waals surface area contributed by atoms with Gasteiger partial charge in [-0.05, 0) is 25.2 Å². The first-order valence-electron chi connectivity index (χ1n) is 9.18. The van der Waals surface area contributed by atoms with Gasteiger partial charge in [-0.2, -0.15) is 0 Å². The van der Waals surface area contributed by atoms with E-state index in [1.54, 1.807) is 0 Å². The molecule has 1 aromatic carbocycles. The van der Waals surface area contributed by atoms with Crippen LogP contribution in [0.1, 0.15) is 56.9 Å². The number of halogens is 5. The molecule has 1 fully saturated rings. The molecule has 0 amide bonds. The highest BCUT2D eigenvalue weighted by Gasteiger charge is 2.32. The number of carbonyl (C=O) groups is 2. The fourth-order valence-corrected chi connectivity index (χ4v) is 3.69. The number of unbranched alkanes of at least 4 members (excludes halogenated alkanes) is 3. The van der Waals surface area contributed by atoms with Crippen LogP contribution in [-0.4, -0.2) is 16.9 Å². The lowest BCUT2D eigenvalue weighted by atomic mass is 9.89. The number of allylic oxidation sites excluding steroid dienone is 1. The molecule has 0 bridgehead atoms. The summed E-state index contributed by atoms with van der Waals surface area (Å²) < 4.78 is 54.9. The van der Waals surface area contributed by atoms with E-state index in [1.165, 1.54) is 6.08 Å². The van der Waals surface area contributed by atoms with E-state index in [2.05, 4.69) is 0 Å². The molecule has 1 N–H and O–H groups in total. The van der Waals surface area contributed by atoms with Gasteiger partial charge in [-0.1, -0.05) is 43.0 Å². The lowest BCUT2D eigenvalue weighted by Crippen LogP contribution is -2.13. The minimum atomic E-state index is -1.65. The van der Waals surface area contributed by atoms with Crippen molar-refractivity contribution in [2.45, 2.75) is 51.4 Å². The quantitative estimate of drug-likeness (QED) is 0.233. The Morgan fingerprint density at radius 1 is 1.04 bits per heavy atom. The predicted molar refractivity (Wildman–Crippen MR) is 96.9 cm³/mol. The van der Waals surface area contributed by atoms with E-state index in [0.717, 1.165) is 25.3 Å². The van der Waals surface area contributed by atoms with E-state index in [-0.39, 0.29) is 24.0 Å². The van der Waals surface area contributed by atoms with Crippen LogP contribution in [0.2, 0.25) is 5.02 Å². The van der Waals surface area contributed by atoms with Crippen molar-refractivity contribution in [3.63, 3.8) is 0 Å². The van der Waals surface area contributed by atoms with Gasteiger partial charge < -0.3 is 5.11 Å². The molecule has 2 atom stereocenters. The second kappa shape index (κ2) is 10.0. The van der Waals surface area contributed by atoms with Crippen molar-refractivity contribution in [3.8, 4) is 0 Å². The van der Waals surface area contributed by atoms with Crippen LogP contribution in [0.25, 0.3) is 6.08 Å². The Morgan fingerprint density at radius 3 is 2.25 bits per heavy atom. The second-order valence-electron chi connectivity index (χ2n) is 6.96.